The first-order valence-corrected chi connectivity index (χ1v) is 12.1. The molecular weight excluding hydrogens is 470 g/mol. The van der Waals surface area contributed by atoms with Gasteiger partial charge in [-0.1, -0.05) is 59.8 Å². The van der Waals surface area contributed by atoms with Crippen LogP contribution in [-0.4, -0.2) is 40.8 Å². The highest BCUT2D eigenvalue weighted by molar-refractivity contribution is 8.15. The Balaban J connectivity index is 1.55. The van der Waals surface area contributed by atoms with Crippen LogP contribution in [0.3, 0.4) is 0 Å². The second-order valence-corrected chi connectivity index (χ2v) is 9.29. The molecule has 1 atom stereocenters. The number of amides is 2. The second kappa shape index (κ2) is 11.2. The maximum absolute atomic E-state index is 13.1. The molecule has 0 saturated carbocycles. The molecule has 0 aromatic heterocycles. The zero-order chi connectivity index (χ0) is 23.9. The lowest BCUT2D eigenvalue weighted by Gasteiger charge is -2.32. The molecule has 1 N–H and O–H groups in total. The summed E-state index contributed by atoms with van der Waals surface area (Å²) >= 11 is 7.32. The molecule has 1 saturated heterocycles. The van der Waals surface area contributed by atoms with Gasteiger partial charge in [0.25, 0.3) is 0 Å². The highest BCUT2D eigenvalue weighted by atomic mass is 35.5. The van der Waals surface area contributed by atoms with Gasteiger partial charge in [0.15, 0.2) is 5.17 Å². The molecule has 0 radical (unpaired) electrons. The zero-order valence-corrected chi connectivity index (χ0v) is 20.2. The lowest BCUT2D eigenvalue weighted by atomic mass is 10.1. The van der Waals surface area contributed by atoms with Gasteiger partial charge in [0.2, 0.25) is 11.8 Å². The second-order valence-electron chi connectivity index (χ2n) is 7.68. The van der Waals surface area contributed by atoms with Crippen LogP contribution in [-0.2, 0) is 16.0 Å². The van der Waals surface area contributed by atoms with E-state index in [2.05, 4.69) is 5.32 Å². The van der Waals surface area contributed by atoms with Crippen LogP contribution in [0.25, 0.3) is 0 Å². The number of carbonyl (C=O) groups is 2. The fourth-order valence-electron chi connectivity index (χ4n) is 3.50. The fourth-order valence-corrected chi connectivity index (χ4v) is 4.82. The molecule has 0 spiro atoms. The molecular formula is C26H24ClN3O3S. The number of aliphatic imine (C=N–C) groups is 1. The van der Waals surface area contributed by atoms with Gasteiger partial charge in [0, 0.05) is 23.7 Å². The van der Waals surface area contributed by atoms with Crippen molar-refractivity contribution < 1.29 is 14.3 Å². The average molecular weight is 494 g/mol. The van der Waals surface area contributed by atoms with Crippen LogP contribution in [0.5, 0.6) is 5.75 Å². The molecule has 0 aliphatic carbocycles. The molecule has 6 nitrogen and oxygen atoms in total. The number of thioether (sulfide) groups is 1. The summed E-state index contributed by atoms with van der Waals surface area (Å²) in [4.78, 5) is 32.5. The van der Waals surface area contributed by atoms with Gasteiger partial charge in [0.1, 0.15) is 11.0 Å². The molecule has 1 fully saturated rings. The average Bonchev–Trinajstić information content (AvgIpc) is 2.84. The lowest BCUT2D eigenvalue weighted by Crippen LogP contribution is -2.46. The number of hydrogen-bond acceptors (Lipinski definition) is 5. The highest BCUT2D eigenvalue weighted by Crippen LogP contribution is 2.31. The van der Waals surface area contributed by atoms with Crippen molar-refractivity contribution in [2.45, 2.75) is 18.1 Å². The number of rotatable bonds is 7. The molecule has 2 amide bonds. The van der Waals surface area contributed by atoms with E-state index in [1.165, 1.54) is 11.8 Å². The number of ether oxygens (including phenoxy) is 1. The minimum atomic E-state index is -0.601. The number of methoxy groups -OCH3 is 1. The minimum Gasteiger partial charge on any atom is -0.497 e. The SMILES string of the molecule is COc1ccc(N=C2S[C@H](C(=O)Nc3cccc(Cl)c3)CC(=O)N2CCc2ccccc2)cc1. The van der Waals surface area contributed by atoms with E-state index < -0.39 is 5.25 Å². The molecule has 8 heteroatoms. The third kappa shape index (κ3) is 6.18. The summed E-state index contributed by atoms with van der Waals surface area (Å²) in [5.41, 5.74) is 2.40. The molecule has 3 aromatic rings. The lowest BCUT2D eigenvalue weighted by molar-refractivity contribution is -0.129. The van der Waals surface area contributed by atoms with Gasteiger partial charge >= 0.3 is 0 Å². The molecule has 1 heterocycles. The molecule has 1 aliphatic heterocycles. The number of anilines is 1. The summed E-state index contributed by atoms with van der Waals surface area (Å²) in [6, 6.07) is 24.2. The predicted molar refractivity (Wildman–Crippen MR) is 138 cm³/mol. The molecule has 3 aromatic carbocycles. The first-order chi connectivity index (χ1) is 16.5. The van der Waals surface area contributed by atoms with Gasteiger partial charge in [-0.25, -0.2) is 4.99 Å². The van der Waals surface area contributed by atoms with Crippen LogP contribution in [0.1, 0.15) is 12.0 Å². The Morgan fingerprint density at radius 3 is 2.59 bits per heavy atom. The van der Waals surface area contributed by atoms with E-state index in [1.54, 1.807) is 36.3 Å². The van der Waals surface area contributed by atoms with E-state index in [-0.39, 0.29) is 18.2 Å². The Hall–Kier alpha value is -3.29. The van der Waals surface area contributed by atoms with Crippen LogP contribution in [0.15, 0.2) is 83.9 Å². The van der Waals surface area contributed by atoms with Crippen molar-refractivity contribution in [2.75, 3.05) is 19.0 Å². The van der Waals surface area contributed by atoms with E-state index in [0.29, 0.717) is 34.5 Å². The minimum absolute atomic E-state index is 0.0908. The first kappa shape index (κ1) is 23.9. The Kier molecular flexibility index (Phi) is 7.87. The molecule has 1 aliphatic rings. The maximum Gasteiger partial charge on any atom is 0.238 e. The Labute approximate surface area is 208 Å². The molecule has 0 bridgehead atoms. The van der Waals surface area contributed by atoms with Crippen molar-refractivity contribution >= 4 is 51.7 Å². The van der Waals surface area contributed by atoms with Crippen molar-refractivity contribution in [1.82, 2.24) is 4.90 Å². The standard InChI is InChI=1S/C26H24ClN3O3S/c1-33-22-12-10-20(11-13-22)29-26-30(15-14-18-6-3-2-4-7-18)24(31)17-23(34-26)25(32)28-21-9-5-8-19(27)16-21/h2-13,16,23H,14-15,17H2,1H3,(H,28,32)/t23-/m0/s1. The predicted octanol–water partition coefficient (Wildman–Crippen LogP) is 5.55. The summed E-state index contributed by atoms with van der Waals surface area (Å²) in [7, 11) is 1.60. The number of halogens is 1. The van der Waals surface area contributed by atoms with Gasteiger partial charge < -0.3 is 10.1 Å². The molecule has 4 rings (SSSR count). The number of carbonyl (C=O) groups excluding carboxylic acids is 2. The third-order valence-electron chi connectivity index (χ3n) is 5.29. The van der Waals surface area contributed by atoms with Crippen molar-refractivity contribution in [2.24, 2.45) is 4.99 Å². The summed E-state index contributed by atoms with van der Waals surface area (Å²) in [5, 5.41) is 3.29. The number of hydrogen-bond donors (Lipinski definition) is 1. The Bertz CT molecular complexity index is 1190. The highest BCUT2D eigenvalue weighted by Gasteiger charge is 2.35. The van der Waals surface area contributed by atoms with E-state index in [0.717, 1.165) is 11.3 Å². The van der Waals surface area contributed by atoms with Gasteiger partial charge in [-0.3, -0.25) is 14.5 Å². The molecule has 0 unspecified atom stereocenters. The smallest absolute Gasteiger partial charge is 0.238 e. The third-order valence-corrected chi connectivity index (χ3v) is 6.71. The van der Waals surface area contributed by atoms with Crippen molar-refractivity contribution in [3.8, 4) is 5.75 Å². The molecule has 34 heavy (non-hydrogen) atoms. The summed E-state index contributed by atoms with van der Waals surface area (Å²) < 4.78 is 5.22. The topological polar surface area (TPSA) is 71.0 Å². The van der Waals surface area contributed by atoms with Gasteiger partial charge in [-0.15, -0.1) is 0 Å². The molecule has 174 valence electrons. The van der Waals surface area contributed by atoms with Gasteiger partial charge in [0.05, 0.1) is 12.8 Å². The zero-order valence-electron chi connectivity index (χ0n) is 18.6. The maximum atomic E-state index is 13.1. The first-order valence-electron chi connectivity index (χ1n) is 10.8. The number of amidine groups is 1. The number of benzene rings is 3. The van der Waals surface area contributed by atoms with Crippen LogP contribution in [0.2, 0.25) is 5.02 Å². The van der Waals surface area contributed by atoms with E-state index in [1.807, 2.05) is 54.6 Å². The van der Waals surface area contributed by atoms with Crippen LogP contribution in [0, 0.1) is 0 Å². The van der Waals surface area contributed by atoms with Crippen LogP contribution < -0.4 is 10.1 Å². The van der Waals surface area contributed by atoms with Crippen LogP contribution >= 0.6 is 23.4 Å². The summed E-state index contributed by atoms with van der Waals surface area (Å²) in [6.07, 6.45) is 0.779. The normalized spacial score (nSPS) is 17.0. The van der Waals surface area contributed by atoms with E-state index in [4.69, 9.17) is 21.3 Å². The fraction of sp³-hybridized carbons (Fsp3) is 0.192. The van der Waals surface area contributed by atoms with Crippen molar-refractivity contribution in [1.29, 1.82) is 0 Å². The van der Waals surface area contributed by atoms with Crippen molar-refractivity contribution in [3.63, 3.8) is 0 Å². The Morgan fingerprint density at radius 1 is 1.12 bits per heavy atom. The quantitative estimate of drug-likeness (QED) is 0.468. The van der Waals surface area contributed by atoms with E-state index >= 15 is 0 Å². The summed E-state index contributed by atoms with van der Waals surface area (Å²) in [6.45, 7) is 0.480. The van der Waals surface area contributed by atoms with Crippen LogP contribution in [0.4, 0.5) is 11.4 Å². The Morgan fingerprint density at radius 2 is 1.88 bits per heavy atom. The largest absolute Gasteiger partial charge is 0.497 e. The van der Waals surface area contributed by atoms with E-state index in [9.17, 15) is 9.59 Å². The number of nitrogens with one attached hydrogen (secondary N) is 1. The van der Waals surface area contributed by atoms with Gasteiger partial charge in [-0.05, 0) is 54.4 Å². The van der Waals surface area contributed by atoms with Gasteiger partial charge in [-0.2, -0.15) is 0 Å². The van der Waals surface area contributed by atoms with Crippen molar-refractivity contribution in [3.05, 3.63) is 89.4 Å². The summed E-state index contributed by atoms with van der Waals surface area (Å²) in [5.74, 6) is 0.329. The number of nitrogens with zero attached hydrogens (tertiary/aromatic N) is 2. The monoisotopic (exact) mass is 493 g/mol.